The normalized spacial score (nSPS) is 17.6. The molecule has 182 valence electrons. The van der Waals surface area contributed by atoms with Gasteiger partial charge in [-0.1, -0.05) is 6.92 Å². The first-order valence-corrected chi connectivity index (χ1v) is 11.8. The molecular weight excluding hydrogens is 444 g/mol. The third kappa shape index (κ3) is 4.88. The smallest absolute Gasteiger partial charge is 0.227 e. The van der Waals surface area contributed by atoms with Crippen LogP contribution in [0.4, 0.5) is 17.5 Å². The van der Waals surface area contributed by atoms with Gasteiger partial charge in [0.1, 0.15) is 17.6 Å². The summed E-state index contributed by atoms with van der Waals surface area (Å²) < 4.78 is 13.4. The zero-order valence-corrected chi connectivity index (χ0v) is 20.5. The van der Waals surface area contributed by atoms with Gasteiger partial charge in [-0.3, -0.25) is 0 Å². The van der Waals surface area contributed by atoms with Crippen LogP contribution in [0.25, 0.3) is 22.3 Å². The Kier molecular flexibility index (Phi) is 6.21. The second-order valence-electron chi connectivity index (χ2n) is 9.24. The van der Waals surface area contributed by atoms with E-state index in [1.807, 2.05) is 55.9 Å². The van der Waals surface area contributed by atoms with Crippen molar-refractivity contribution in [1.29, 1.82) is 0 Å². The summed E-state index contributed by atoms with van der Waals surface area (Å²) in [5.41, 5.74) is 3.44. The number of nitrogens with one attached hydrogen (secondary N) is 2. The Morgan fingerprint density at radius 2 is 2.11 bits per heavy atom. The summed E-state index contributed by atoms with van der Waals surface area (Å²) in [6, 6.07) is 7.85. The van der Waals surface area contributed by atoms with Crippen LogP contribution in [-0.4, -0.2) is 56.1 Å². The van der Waals surface area contributed by atoms with Crippen molar-refractivity contribution in [2.45, 2.75) is 27.2 Å². The van der Waals surface area contributed by atoms with Crippen molar-refractivity contribution < 1.29 is 9.47 Å². The molecule has 1 atom stereocenters. The summed E-state index contributed by atoms with van der Waals surface area (Å²) in [6.45, 7) is 8.99. The quantitative estimate of drug-likeness (QED) is 0.390. The van der Waals surface area contributed by atoms with Crippen LogP contribution in [0, 0.1) is 12.3 Å². The number of pyridine rings is 1. The summed E-state index contributed by atoms with van der Waals surface area (Å²) in [5, 5.41) is 15.9. The van der Waals surface area contributed by atoms with Gasteiger partial charge in [0.15, 0.2) is 11.6 Å². The number of anilines is 3. The standard InChI is InChI=1S/C25H30N8O2/c1-5-35-20-11-17(23-32-28-15-33(23)4)6-7-19(20)30-24-26-12-18-10-16(2)29-22(21(18)31-24)27-13-25(3)8-9-34-14-25/h6-7,10-12,15H,5,8-9,13-14H2,1-4H3,(H,27,29)(H,26,30,31). The van der Waals surface area contributed by atoms with E-state index in [4.69, 9.17) is 19.4 Å². The number of fused-ring (bicyclic) bond motifs is 1. The first kappa shape index (κ1) is 23.0. The van der Waals surface area contributed by atoms with E-state index in [0.29, 0.717) is 18.3 Å². The molecule has 2 N–H and O–H groups in total. The molecule has 1 aliphatic heterocycles. The lowest BCUT2D eigenvalue weighted by Gasteiger charge is -2.22. The second kappa shape index (κ2) is 9.46. The van der Waals surface area contributed by atoms with E-state index >= 15 is 0 Å². The summed E-state index contributed by atoms with van der Waals surface area (Å²) in [5.74, 6) is 2.67. The molecule has 0 radical (unpaired) electrons. The number of hydrogen-bond acceptors (Lipinski definition) is 9. The molecule has 1 aromatic carbocycles. The SMILES string of the molecule is CCOc1cc(-c2nncn2C)ccc1Nc1ncc2cc(C)nc(NCC3(C)CCOC3)c2n1. The van der Waals surface area contributed by atoms with Crippen molar-refractivity contribution in [3.63, 3.8) is 0 Å². The molecule has 4 heterocycles. The highest BCUT2D eigenvalue weighted by atomic mass is 16.5. The highest BCUT2D eigenvalue weighted by molar-refractivity contribution is 5.89. The minimum Gasteiger partial charge on any atom is -0.492 e. The molecule has 5 rings (SSSR count). The molecule has 0 spiro atoms. The molecule has 0 aliphatic carbocycles. The fourth-order valence-electron chi connectivity index (χ4n) is 4.21. The number of ether oxygens (including phenoxy) is 2. The van der Waals surface area contributed by atoms with Crippen molar-refractivity contribution in [2.24, 2.45) is 12.5 Å². The minimum atomic E-state index is 0.0860. The molecule has 4 aromatic rings. The maximum Gasteiger partial charge on any atom is 0.227 e. The fourth-order valence-corrected chi connectivity index (χ4v) is 4.21. The molecule has 35 heavy (non-hydrogen) atoms. The lowest BCUT2D eigenvalue weighted by molar-refractivity contribution is 0.164. The van der Waals surface area contributed by atoms with Crippen LogP contribution in [0.5, 0.6) is 5.75 Å². The molecule has 0 bridgehead atoms. The summed E-state index contributed by atoms with van der Waals surface area (Å²) in [4.78, 5) is 14.1. The van der Waals surface area contributed by atoms with Crippen molar-refractivity contribution in [3.8, 4) is 17.1 Å². The lowest BCUT2D eigenvalue weighted by atomic mass is 9.90. The van der Waals surface area contributed by atoms with Gasteiger partial charge >= 0.3 is 0 Å². The summed E-state index contributed by atoms with van der Waals surface area (Å²) in [6.07, 6.45) is 4.52. The van der Waals surface area contributed by atoms with Gasteiger partial charge in [-0.25, -0.2) is 15.0 Å². The van der Waals surface area contributed by atoms with E-state index in [1.54, 1.807) is 6.33 Å². The first-order chi connectivity index (χ1) is 16.9. The van der Waals surface area contributed by atoms with Crippen LogP contribution in [0.15, 0.2) is 36.8 Å². The van der Waals surface area contributed by atoms with Gasteiger partial charge < -0.3 is 24.7 Å². The highest BCUT2D eigenvalue weighted by Gasteiger charge is 2.29. The molecule has 1 unspecified atom stereocenters. The molecule has 10 heteroatoms. The van der Waals surface area contributed by atoms with Crippen molar-refractivity contribution >= 4 is 28.4 Å². The third-order valence-corrected chi connectivity index (χ3v) is 6.17. The van der Waals surface area contributed by atoms with Gasteiger partial charge in [-0.05, 0) is 44.5 Å². The lowest BCUT2D eigenvalue weighted by Crippen LogP contribution is -2.27. The van der Waals surface area contributed by atoms with Crippen molar-refractivity contribution in [2.75, 3.05) is 37.0 Å². The first-order valence-electron chi connectivity index (χ1n) is 11.8. The maximum absolute atomic E-state index is 5.91. The Morgan fingerprint density at radius 1 is 1.23 bits per heavy atom. The number of benzene rings is 1. The number of aromatic nitrogens is 6. The average molecular weight is 475 g/mol. The number of nitrogens with zero attached hydrogens (tertiary/aromatic N) is 6. The number of hydrogen-bond donors (Lipinski definition) is 2. The van der Waals surface area contributed by atoms with Crippen molar-refractivity contribution in [1.82, 2.24) is 29.7 Å². The van der Waals surface area contributed by atoms with Gasteiger partial charge in [0.25, 0.3) is 0 Å². The molecule has 1 aliphatic rings. The Hall–Kier alpha value is -3.79. The largest absolute Gasteiger partial charge is 0.492 e. The zero-order chi connectivity index (χ0) is 24.4. The Bertz CT molecular complexity index is 1350. The topological polar surface area (TPSA) is 112 Å². The summed E-state index contributed by atoms with van der Waals surface area (Å²) >= 11 is 0. The molecule has 0 saturated carbocycles. The zero-order valence-electron chi connectivity index (χ0n) is 20.5. The molecule has 10 nitrogen and oxygen atoms in total. The second-order valence-corrected chi connectivity index (χ2v) is 9.24. The van der Waals surface area contributed by atoms with Gasteiger partial charge in [-0.2, -0.15) is 0 Å². The Labute approximate surface area is 204 Å². The minimum absolute atomic E-state index is 0.0860. The predicted octanol–water partition coefficient (Wildman–Crippen LogP) is 4.11. The third-order valence-electron chi connectivity index (χ3n) is 6.17. The predicted molar refractivity (Wildman–Crippen MR) is 135 cm³/mol. The van der Waals surface area contributed by atoms with Crippen molar-refractivity contribution in [3.05, 3.63) is 42.5 Å². The molecular formula is C25H30N8O2. The van der Waals surface area contributed by atoms with Gasteiger partial charge in [0, 0.05) is 48.5 Å². The van der Waals surface area contributed by atoms with Crippen LogP contribution >= 0.6 is 0 Å². The fraction of sp³-hybridized carbons (Fsp3) is 0.400. The number of rotatable bonds is 8. The van der Waals surface area contributed by atoms with Crippen LogP contribution in [0.1, 0.15) is 26.0 Å². The molecule has 1 saturated heterocycles. The monoisotopic (exact) mass is 474 g/mol. The van der Waals surface area contributed by atoms with Gasteiger partial charge in [-0.15, -0.1) is 10.2 Å². The molecule has 3 aromatic heterocycles. The van der Waals surface area contributed by atoms with Crippen LogP contribution in [0.2, 0.25) is 0 Å². The van der Waals surface area contributed by atoms with E-state index in [1.165, 1.54) is 0 Å². The Balaban J connectivity index is 1.45. The van der Waals surface area contributed by atoms with Crippen LogP contribution in [-0.2, 0) is 11.8 Å². The molecule has 1 fully saturated rings. The summed E-state index contributed by atoms with van der Waals surface area (Å²) in [7, 11) is 1.91. The Morgan fingerprint density at radius 3 is 2.86 bits per heavy atom. The van der Waals surface area contributed by atoms with E-state index in [-0.39, 0.29) is 5.41 Å². The maximum atomic E-state index is 5.91. The van der Waals surface area contributed by atoms with Crippen LogP contribution in [0.3, 0.4) is 0 Å². The van der Waals surface area contributed by atoms with Crippen LogP contribution < -0.4 is 15.4 Å². The molecule has 0 amide bonds. The van der Waals surface area contributed by atoms with E-state index in [9.17, 15) is 0 Å². The van der Waals surface area contributed by atoms with E-state index < -0.39 is 0 Å². The van der Waals surface area contributed by atoms with Gasteiger partial charge in [0.2, 0.25) is 5.95 Å². The highest BCUT2D eigenvalue weighted by Crippen LogP contribution is 2.33. The van der Waals surface area contributed by atoms with Gasteiger partial charge in [0.05, 0.1) is 18.9 Å². The average Bonchev–Trinajstić information content (AvgIpc) is 3.47. The number of aryl methyl sites for hydroxylation is 2. The van der Waals surface area contributed by atoms with E-state index in [0.717, 1.165) is 65.7 Å². The van der Waals surface area contributed by atoms with E-state index in [2.05, 4.69) is 32.7 Å².